The number of nitrogens with one attached hydrogen (secondary N) is 1. The number of rotatable bonds is 5. The zero-order valence-electron chi connectivity index (χ0n) is 9.32. The van der Waals surface area contributed by atoms with Gasteiger partial charge in [-0.2, -0.15) is 13.2 Å². The Labute approximate surface area is 92.0 Å². The molecule has 1 heterocycles. The van der Waals surface area contributed by atoms with Crippen molar-refractivity contribution in [2.75, 3.05) is 6.54 Å². The average molecular weight is 236 g/mol. The number of alkyl halides is 3. The number of hydrogen-bond donors (Lipinski definition) is 1. The van der Waals surface area contributed by atoms with Crippen molar-refractivity contribution in [3.63, 3.8) is 0 Å². The van der Waals surface area contributed by atoms with Crippen LogP contribution >= 0.6 is 0 Å². The predicted octanol–water partition coefficient (Wildman–Crippen LogP) is 2.72. The predicted molar refractivity (Wildman–Crippen MR) is 53.0 cm³/mol. The van der Waals surface area contributed by atoms with Gasteiger partial charge in [0.05, 0.1) is 5.69 Å². The molecule has 1 N–H and O–H groups in total. The summed E-state index contributed by atoms with van der Waals surface area (Å²) in [5.74, 6) is 0.709. The highest BCUT2D eigenvalue weighted by Gasteiger charge is 2.25. The molecule has 0 atom stereocenters. The quantitative estimate of drug-likeness (QED) is 0.799. The molecule has 0 unspecified atom stereocenters. The molecule has 0 aromatic carbocycles. The molecule has 0 radical (unpaired) electrons. The van der Waals surface area contributed by atoms with E-state index >= 15 is 0 Å². The van der Waals surface area contributed by atoms with Crippen LogP contribution in [-0.4, -0.2) is 17.9 Å². The van der Waals surface area contributed by atoms with E-state index in [2.05, 4.69) is 10.5 Å². The molecule has 0 aliphatic rings. The molecular formula is C10H15F3N2O. The molecule has 0 spiro atoms. The van der Waals surface area contributed by atoms with Gasteiger partial charge in [0, 0.05) is 18.5 Å². The van der Waals surface area contributed by atoms with Gasteiger partial charge in [-0.3, -0.25) is 0 Å². The van der Waals surface area contributed by atoms with Crippen molar-refractivity contribution >= 4 is 0 Å². The Morgan fingerprint density at radius 3 is 2.50 bits per heavy atom. The highest BCUT2D eigenvalue weighted by molar-refractivity contribution is 5.20. The minimum Gasteiger partial charge on any atom is -0.361 e. The minimum atomic E-state index is -4.06. The summed E-state index contributed by atoms with van der Waals surface area (Å²) < 4.78 is 40.4. The van der Waals surface area contributed by atoms with Crippen LogP contribution < -0.4 is 5.32 Å². The maximum Gasteiger partial charge on any atom is 0.389 e. The van der Waals surface area contributed by atoms with Crippen molar-refractivity contribution in [1.29, 1.82) is 0 Å². The van der Waals surface area contributed by atoms with Gasteiger partial charge < -0.3 is 9.84 Å². The maximum atomic E-state index is 11.8. The Hall–Kier alpha value is -1.04. The first-order valence-corrected chi connectivity index (χ1v) is 5.09. The van der Waals surface area contributed by atoms with E-state index in [0.717, 1.165) is 11.3 Å². The highest BCUT2D eigenvalue weighted by atomic mass is 19.4. The molecule has 0 bridgehead atoms. The van der Waals surface area contributed by atoms with E-state index in [0.29, 0.717) is 18.8 Å². The summed E-state index contributed by atoms with van der Waals surface area (Å²) in [5.41, 5.74) is 1.70. The van der Waals surface area contributed by atoms with Gasteiger partial charge in [0.1, 0.15) is 5.76 Å². The highest BCUT2D eigenvalue weighted by Crippen LogP contribution is 2.20. The van der Waals surface area contributed by atoms with Gasteiger partial charge in [0.25, 0.3) is 0 Å². The van der Waals surface area contributed by atoms with E-state index in [-0.39, 0.29) is 6.42 Å². The Morgan fingerprint density at radius 1 is 1.31 bits per heavy atom. The largest absolute Gasteiger partial charge is 0.389 e. The first-order chi connectivity index (χ1) is 7.40. The fourth-order valence-electron chi connectivity index (χ4n) is 1.38. The molecular weight excluding hydrogens is 221 g/mol. The monoisotopic (exact) mass is 236 g/mol. The number of aryl methyl sites for hydroxylation is 2. The molecule has 3 nitrogen and oxygen atoms in total. The van der Waals surface area contributed by atoms with Crippen LogP contribution in [0.1, 0.15) is 29.9 Å². The molecule has 16 heavy (non-hydrogen) atoms. The summed E-state index contributed by atoms with van der Waals surface area (Å²) in [6.07, 6.45) is -4.72. The number of halogens is 3. The van der Waals surface area contributed by atoms with E-state index in [4.69, 9.17) is 4.52 Å². The van der Waals surface area contributed by atoms with E-state index in [1.165, 1.54) is 0 Å². The Morgan fingerprint density at radius 2 is 2.00 bits per heavy atom. The zero-order chi connectivity index (χ0) is 12.2. The Bertz CT molecular complexity index is 314. The molecule has 92 valence electrons. The molecule has 1 rings (SSSR count). The molecule has 1 aromatic heterocycles. The summed E-state index contributed by atoms with van der Waals surface area (Å²) in [4.78, 5) is 0. The summed E-state index contributed by atoms with van der Waals surface area (Å²) in [7, 11) is 0. The van der Waals surface area contributed by atoms with Crippen molar-refractivity contribution in [2.24, 2.45) is 0 Å². The van der Waals surface area contributed by atoms with Crippen LogP contribution in [0.4, 0.5) is 13.2 Å². The second-order valence-corrected chi connectivity index (χ2v) is 3.70. The average Bonchev–Trinajstić information content (AvgIpc) is 2.46. The van der Waals surface area contributed by atoms with Gasteiger partial charge in [0.15, 0.2) is 0 Å². The van der Waals surface area contributed by atoms with E-state index in [9.17, 15) is 13.2 Å². The number of nitrogens with zero attached hydrogens (tertiary/aromatic N) is 1. The normalized spacial score (nSPS) is 12.1. The fourth-order valence-corrected chi connectivity index (χ4v) is 1.38. The molecule has 0 saturated carbocycles. The van der Waals surface area contributed by atoms with Crippen molar-refractivity contribution in [3.05, 3.63) is 17.0 Å². The molecule has 0 aliphatic heterocycles. The molecule has 0 fully saturated rings. The summed E-state index contributed by atoms with van der Waals surface area (Å²) in [5, 5.41) is 6.70. The van der Waals surface area contributed by atoms with E-state index in [1.54, 1.807) is 6.92 Å². The third-order valence-corrected chi connectivity index (χ3v) is 2.30. The lowest BCUT2D eigenvalue weighted by Gasteiger charge is -2.06. The van der Waals surface area contributed by atoms with Crippen molar-refractivity contribution in [2.45, 2.75) is 39.4 Å². The van der Waals surface area contributed by atoms with E-state index in [1.807, 2.05) is 6.92 Å². The minimum absolute atomic E-state index is 0.0902. The van der Waals surface area contributed by atoms with Gasteiger partial charge >= 0.3 is 6.18 Å². The standard InChI is InChI=1S/C10H15F3N2O/c1-7-9(8(2)16-15-7)6-14-5-3-4-10(11,12)13/h14H,3-6H2,1-2H3. The molecule has 0 aliphatic carbocycles. The second-order valence-electron chi connectivity index (χ2n) is 3.70. The topological polar surface area (TPSA) is 38.1 Å². The number of aromatic nitrogens is 1. The summed E-state index contributed by atoms with van der Waals surface area (Å²) >= 11 is 0. The molecule has 0 saturated heterocycles. The van der Waals surface area contributed by atoms with Crippen LogP contribution in [0.15, 0.2) is 4.52 Å². The Kier molecular flexibility index (Phi) is 4.35. The third-order valence-electron chi connectivity index (χ3n) is 2.30. The van der Waals surface area contributed by atoms with Crippen LogP contribution in [0.2, 0.25) is 0 Å². The first-order valence-electron chi connectivity index (χ1n) is 5.09. The lowest BCUT2D eigenvalue weighted by atomic mass is 10.2. The van der Waals surface area contributed by atoms with Gasteiger partial charge in [-0.1, -0.05) is 5.16 Å². The summed E-state index contributed by atoms with van der Waals surface area (Å²) in [6, 6.07) is 0. The van der Waals surface area contributed by atoms with Crippen molar-refractivity contribution in [1.82, 2.24) is 10.5 Å². The maximum absolute atomic E-state index is 11.8. The summed E-state index contributed by atoms with van der Waals surface area (Å²) in [6.45, 7) is 4.43. The van der Waals surface area contributed by atoms with Gasteiger partial charge in [0.2, 0.25) is 0 Å². The lowest BCUT2D eigenvalue weighted by Crippen LogP contribution is -2.18. The van der Waals surface area contributed by atoms with Crippen LogP contribution in [0, 0.1) is 13.8 Å². The molecule has 1 aromatic rings. The van der Waals surface area contributed by atoms with Crippen molar-refractivity contribution < 1.29 is 17.7 Å². The van der Waals surface area contributed by atoms with Gasteiger partial charge in [-0.05, 0) is 26.8 Å². The van der Waals surface area contributed by atoms with Gasteiger partial charge in [-0.15, -0.1) is 0 Å². The molecule has 0 amide bonds. The van der Waals surface area contributed by atoms with Crippen molar-refractivity contribution in [3.8, 4) is 0 Å². The molecule has 6 heteroatoms. The zero-order valence-corrected chi connectivity index (χ0v) is 9.32. The smallest absolute Gasteiger partial charge is 0.361 e. The van der Waals surface area contributed by atoms with Gasteiger partial charge in [-0.25, -0.2) is 0 Å². The SMILES string of the molecule is Cc1noc(C)c1CNCCCC(F)(F)F. The number of hydrogen-bond acceptors (Lipinski definition) is 3. The fraction of sp³-hybridized carbons (Fsp3) is 0.700. The van der Waals surface area contributed by atoms with Crippen LogP contribution in [0.3, 0.4) is 0 Å². The van der Waals surface area contributed by atoms with Crippen LogP contribution in [0.5, 0.6) is 0 Å². The Balaban J connectivity index is 2.22. The first kappa shape index (κ1) is 13.0. The second kappa shape index (κ2) is 5.34. The van der Waals surface area contributed by atoms with E-state index < -0.39 is 12.6 Å². The lowest BCUT2D eigenvalue weighted by molar-refractivity contribution is -0.135. The van der Waals surface area contributed by atoms with Crippen LogP contribution in [0.25, 0.3) is 0 Å². The van der Waals surface area contributed by atoms with Crippen LogP contribution in [-0.2, 0) is 6.54 Å². The third kappa shape index (κ3) is 4.22.